The lowest BCUT2D eigenvalue weighted by atomic mass is 10.1. The summed E-state index contributed by atoms with van der Waals surface area (Å²) in [5.74, 6) is 0.339. The van der Waals surface area contributed by atoms with E-state index in [0.717, 1.165) is 48.5 Å². The first-order valence-corrected chi connectivity index (χ1v) is 16.6. The highest BCUT2D eigenvalue weighted by Crippen LogP contribution is 2.27. The van der Waals surface area contributed by atoms with Gasteiger partial charge in [0.05, 0.1) is 13.2 Å². The van der Waals surface area contributed by atoms with Crippen LogP contribution in [0.1, 0.15) is 17.5 Å². The van der Waals surface area contributed by atoms with Crippen molar-refractivity contribution < 1.29 is 61.2 Å². The molecule has 18 heteroatoms. The predicted molar refractivity (Wildman–Crippen MR) is 163 cm³/mol. The molecule has 0 spiro atoms. The average molecular weight is 731 g/mol. The van der Waals surface area contributed by atoms with Crippen LogP contribution in [0.2, 0.25) is 0 Å². The number of alkyl halides is 6. The lowest BCUT2D eigenvalue weighted by molar-refractivity contribution is -0.0606. The number of hydrogen-bond acceptors (Lipinski definition) is 10. The first kappa shape index (κ1) is 36.7. The number of benzene rings is 4. The first-order valence-electron chi connectivity index (χ1n) is 13.8. The monoisotopic (exact) mass is 730 g/mol. The van der Waals surface area contributed by atoms with Crippen LogP contribution in [0.3, 0.4) is 0 Å². The molecule has 260 valence electrons. The molecule has 0 aliphatic carbocycles. The van der Waals surface area contributed by atoms with Gasteiger partial charge in [-0.3, -0.25) is 8.57 Å². The molecule has 4 aromatic carbocycles. The summed E-state index contributed by atoms with van der Waals surface area (Å²) in [6.07, 6.45) is -9.85. The van der Waals surface area contributed by atoms with Crippen LogP contribution in [-0.4, -0.2) is 53.8 Å². The maximum atomic E-state index is 13.6. The molecule has 0 saturated heterocycles. The van der Waals surface area contributed by atoms with E-state index >= 15 is 0 Å². The van der Waals surface area contributed by atoms with Crippen LogP contribution in [-0.2, 0) is 28.8 Å². The Morgan fingerprint density at radius 1 is 0.510 bits per heavy atom. The van der Waals surface area contributed by atoms with Gasteiger partial charge in [0.2, 0.25) is 0 Å². The molecule has 0 heterocycles. The van der Waals surface area contributed by atoms with E-state index < -0.39 is 55.1 Å². The minimum atomic E-state index is -5.05. The third-order valence-corrected chi connectivity index (χ3v) is 8.38. The van der Waals surface area contributed by atoms with Crippen molar-refractivity contribution in [3.63, 3.8) is 0 Å². The second kappa shape index (κ2) is 15.4. The molecule has 0 amide bonds. The Morgan fingerprint density at radius 2 is 0.837 bits per heavy atom. The van der Waals surface area contributed by atoms with Crippen molar-refractivity contribution in [3.8, 4) is 11.5 Å². The Kier molecular flexibility index (Phi) is 11.6. The van der Waals surface area contributed by atoms with Gasteiger partial charge < -0.3 is 9.47 Å². The molecule has 0 atom stereocenters. The van der Waals surface area contributed by atoms with Crippen LogP contribution in [0.5, 0.6) is 11.5 Å². The second-order valence-corrected chi connectivity index (χ2v) is 12.7. The van der Waals surface area contributed by atoms with Crippen LogP contribution in [0.25, 0.3) is 0 Å². The van der Waals surface area contributed by atoms with Crippen molar-refractivity contribution in [3.05, 3.63) is 120 Å². The molecule has 0 aliphatic rings. The van der Waals surface area contributed by atoms with Crippen molar-refractivity contribution in [2.24, 2.45) is 10.3 Å². The molecule has 0 bridgehead atoms. The summed E-state index contributed by atoms with van der Waals surface area (Å²) in [7, 11) is -9.19. The van der Waals surface area contributed by atoms with Crippen LogP contribution in [0.4, 0.5) is 26.3 Å². The van der Waals surface area contributed by atoms with E-state index in [9.17, 15) is 43.2 Å². The maximum absolute atomic E-state index is 13.6. The molecule has 0 radical (unpaired) electrons. The molecule has 0 aromatic heterocycles. The normalized spacial score (nSPS) is 13.1. The van der Waals surface area contributed by atoms with E-state index in [0.29, 0.717) is 0 Å². The summed E-state index contributed by atoms with van der Waals surface area (Å²) in [6.45, 7) is 0.0718. The highest BCUT2D eigenvalue weighted by Gasteiger charge is 2.39. The van der Waals surface area contributed by atoms with Crippen molar-refractivity contribution in [1.82, 2.24) is 0 Å². The number of hydrogen-bond donors (Lipinski definition) is 0. The molecule has 0 N–H and O–H groups in total. The zero-order valence-corrected chi connectivity index (χ0v) is 26.4. The van der Waals surface area contributed by atoms with Gasteiger partial charge in [-0.15, -0.1) is 0 Å². The van der Waals surface area contributed by atoms with Gasteiger partial charge in [-0.05, 0) is 72.8 Å². The van der Waals surface area contributed by atoms with E-state index in [4.69, 9.17) is 9.47 Å². The van der Waals surface area contributed by atoms with Crippen LogP contribution in [0.15, 0.2) is 129 Å². The first-order chi connectivity index (χ1) is 23.1. The minimum Gasteiger partial charge on any atom is -0.493 e. The molecule has 0 saturated carbocycles. The Labute approximate surface area is 276 Å². The van der Waals surface area contributed by atoms with Gasteiger partial charge in [0.1, 0.15) is 21.3 Å². The molecule has 0 fully saturated rings. The van der Waals surface area contributed by atoms with E-state index in [1.54, 1.807) is 0 Å². The average Bonchev–Trinajstić information content (AvgIpc) is 3.05. The van der Waals surface area contributed by atoms with Crippen LogP contribution < -0.4 is 9.47 Å². The fourth-order valence-electron chi connectivity index (χ4n) is 3.83. The SMILES string of the molecule is O=S(=O)(O/N=C(/c1ccc(OCCCOc2ccc(/C(=N/OS(=O)(=O)c3ccccc3)C(F)(F)F)cc2)cc1)C(F)(F)F)c1ccccc1. The third kappa shape index (κ3) is 10.4. The lowest BCUT2D eigenvalue weighted by Gasteiger charge is -2.12. The van der Waals surface area contributed by atoms with Gasteiger partial charge in [0.25, 0.3) is 0 Å². The molecule has 10 nitrogen and oxygen atoms in total. The maximum Gasteiger partial charge on any atom is 0.437 e. The number of rotatable bonds is 14. The van der Waals surface area contributed by atoms with Gasteiger partial charge in [-0.2, -0.15) is 43.2 Å². The summed E-state index contributed by atoms with van der Waals surface area (Å²) >= 11 is 0. The summed E-state index contributed by atoms with van der Waals surface area (Å²) < 4.78 is 150. The topological polar surface area (TPSA) is 130 Å². The van der Waals surface area contributed by atoms with Gasteiger partial charge in [0, 0.05) is 17.5 Å². The molecule has 0 aliphatic heterocycles. The Bertz CT molecular complexity index is 1830. The predicted octanol–water partition coefficient (Wildman–Crippen LogP) is 6.88. The van der Waals surface area contributed by atoms with Crippen molar-refractivity contribution >= 4 is 31.7 Å². The van der Waals surface area contributed by atoms with E-state index in [-0.39, 0.29) is 40.9 Å². The van der Waals surface area contributed by atoms with Gasteiger partial charge in [-0.25, -0.2) is 0 Å². The Balaban J connectivity index is 1.30. The summed E-state index contributed by atoms with van der Waals surface area (Å²) in [4.78, 5) is -0.760. The fraction of sp³-hybridized carbons (Fsp3) is 0.161. The Morgan fingerprint density at radius 3 is 1.14 bits per heavy atom. The van der Waals surface area contributed by atoms with Gasteiger partial charge >= 0.3 is 32.6 Å². The Hall–Kier alpha value is -5.10. The minimum absolute atomic E-state index is 0.0359. The molecule has 49 heavy (non-hydrogen) atoms. The zero-order chi connectivity index (χ0) is 35.7. The summed E-state index contributed by atoms with van der Waals surface area (Å²) in [5.41, 5.74) is -4.15. The van der Waals surface area contributed by atoms with Crippen molar-refractivity contribution in [1.29, 1.82) is 0 Å². The number of oxime groups is 2. The van der Waals surface area contributed by atoms with Crippen LogP contribution >= 0.6 is 0 Å². The second-order valence-electron chi connectivity index (χ2n) is 9.66. The standard InChI is InChI=1S/C31H24F6N2O8S2/c32-30(33,34)28(38-46-48(40,41)26-8-3-1-4-9-26)22-12-16-24(17-13-22)44-20-7-21-45-25-18-14-23(15-19-25)29(31(35,36)37)39-47-49(42,43)27-10-5-2-6-11-27/h1-6,8-19H,7,20-21H2/b38-28-,39-29-. The largest absolute Gasteiger partial charge is 0.493 e. The number of halogens is 6. The zero-order valence-electron chi connectivity index (χ0n) is 24.8. The smallest absolute Gasteiger partial charge is 0.437 e. The highest BCUT2D eigenvalue weighted by atomic mass is 32.2. The molecule has 4 rings (SSSR count). The fourth-order valence-corrected chi connectivity index (χ4v) is 5.32. The van der Waals surface area contributed by atoms with E-state index in [1.165, 1.54) is 60.7 Å². The quantitative estimate of drug-likeness (QED) is 0.0595. The third-order valence-electron chi connectivity index (χ3n) is 6.14. The van der Waals surface area contributed by atoms with Crippen molar-refractivity contribution in [2.75, 3.05) is 13.2 Å². The molecule has 4 aromatic rings. The number of nitrogens with zero attached hydrogens (tertiary/aromatic N) is 2. The van der Waals surface area contributed by atoms with Gasteiger partial charge in [0.15, 0.2) is 11.4 Å². The van der Waals surface area contributed by atoms with E-state index in [2.05, 4.69) is 18.9 Å². The van der Waals surface area contributed by atoms with E-state index in [1.807, 2.05) is 0 Å². The molecular weight excluding hydrogens is 706 g/mol. The summed E-state index contributed by atoms with van der Waals surface area (Å²) in [5, 5.41) is 5.74. The number of ether oxygens (including phenoxy) is 2. The molecular formula is C31H24F6N2O8S2. The highest BCUT2D eigenvalue weighted by molar-refractivity contribution is 7.87. The van der Waals surface area contributed by atoms with Crippen molar-refractivity contribution in [2.45, 2.75) is 28.6 Å². The van der Waals surface area contributed by atoms with Gasteiger partial charge in [-0.1, -0.05) is 46.7 Å². The molecule has 0 unspecified atom stereocenters. The lowest BCUT2D eigenvalue weighted by Crippen LogP contribution is -2.25. The summed E-state index contributed by atoms with van der Waals surface area (Å²) in [6, 6.07) is 21.9. The van der Waals surface area contributed by atoms with Crippen LogP contribution in [0, 0.1) is 0 Å².